The van der Waals surface area contributed by atoms with Gasteiger partial charge in [0.2, 0.25) is 5.95 Å². The Labute approximate surface area is 130 Å². The van der Waals surface area contributed by atoms with Crippen LogP contribution in [-0.2, 0) is 0 Å². The Bertz CT molecular complexity index is 1060. The first kappa shape index (κ1) is 13.3. The van der Waals surface area contributed by atoms with Gasteiger partial charge in [-0.2, -0.15) is 19.9 Å². The number of hydrogen-bond acceptors (Lipinski definition) is 5. The lowest BCUT2D eigenvalue weighted by atomic mass is 10.3. The van der Waals surface area contributed by atoms with E-state index in [1.165, 1.54) is 10.9 Å². The molecule has 0 saturated carbocycles. The van der Waals surface area contributed by atoms with Crippen molar-refractivity contribution in [1.82, 2.24) is 29.5 Å². The molecule has 3 aromatic heterocycles. The molecule has 0 aliphatic carbocycles. The molecule has 3 heterocycles. The number of fused-ring (bicyclic) bond motifs is 1. The van der Waals surface area contributed by atoms with Crippen molar-refractivity contribution >= 4 is 16.9 Å². The zero-order valence-corrected chi connectivity index (χ0v) is 12.3. The summed E-state index contributed by atoms with van der Waals surface area (Å²) in [7, 11) is 0. The maximum absolute atomic E-state index is 12.3. The number of H-pyrrole nitrogens is 1. The largest absolute Gasteiger partial charge is 0.383 e. The molecule has 23 heavy (non-hydrogen) atoms. The van der Waals surface area contributed by atoms with E-state index < -0.39 is 0 Å². The van der Waals surface area contributed by atoms with Crippen LogP contribution in [0.2, 0.25) is 0 Å². The highest BCUT2D eigenvalue weighted by atomic mass is 16.1. The molecule has 0 spiro atoms. The number of rotatable bonds is 2. The number of nitrogens with one attached hydrogen (secondary N) is 1. The third-order valence-electron chi connectivity index (χ3n) is 3.49. The molecule has 0 amide bonds. The number of aromatic amines is 1. The molecule has 0 saturated heterocycles. The highest BCUT2D eigenvalue weighted by Gasteiger charge is 2.14. The second-order valence-corrected chi connectivity index (χ2v) is 5.14. The van der Waals surface area contributed by atoms with Crippen molar-refractivity contribution in [3.63, 3.8) is 0 Å². The van der Waals surface area contributed by atoms with E-state index in [0.717, 1.165) is 11.4 Å². The van der Waals surface area contributed by atoms with E-state index in [0.29, 0.717) is 16.9 Å². The van der Waals surface area contributed by atoms with Crippen LogP contribution in [-0.4, -0.2) is 29.5 Å². The van der Waals surface area contributed by atoms with Gasteiger partial charge in [-0.05, 0) is 19.1 Å². The summed E-state index contributed by atoms with van der Waals surface area (Å²) in [6.45, 7) is 1.82. The van der Waals surface area contributed by atoms with Gasteiger partial charge in [-0.3, -0.25) is 9.78 Å². The molecule has 0 bridgehead atoms. The number of benzene rings is 1. The van der Waals surface area contributed by atoms with E-state index in [1.54, 1.807) is 10.7 Å². The van der Waals surface area contributed by atoms with E-state index >= 15 is 0 Å². The smallest absolute Gasteiger partial charge is 0.263 e. The molecule has 0 aliphatic rings. The summed E-state index contributed by atoms with van der Waals surface area (Å²) >= 11 is 0. The van der Waals surface area contributed by atoms with Crippen molar-refractivity contribution in [3.05, 3.63) is 58.6 Å². The lowest BCUT2D eigenvalue weighted by molar-refractivity contribution is 0.799. The van der Waals surface area contributed by atoms with Gasteiger partial charge in [-0.15, -0.1) is 0 Å². The number of hydrogen-bond donors (Lipinski definition) is 2. The highest BCUT2D eigenvalue weighted by molar-refractivity contribution is 5.75. The predicted molar refractivity (Wildman–Crippen MR) is 85.8 cm³/mol. The van der Waals surface area contributed by atoms with Gasteiger partial charge in [0.05, 0.1) is 17.6 Å². The summed E-state index contributed by atoms with van der Waals surface area (Å²) in [6.07, 6.45) is 1.50. The Balaban J connectivity index is 1.99. The molecule has 0 fully saturated rings. The topological polar surface area (TPSA) is 107 Å². The fourth-order valence-corrected chi connectivity index (χ4v) is 2.45. The van der Waals surface area contributed by atoms with Gasteiger partial charge >= 0.3 is 0 Å². The predicted octanol–water partition coefficient (Wildman–Crippen LogP) is 1.19. The summed E-state index contributed by atoms with van der Waals surface area (Å²) in [5.41, 5.74) is 7.62. The van der Waals surface area contributed by atoms with Crippen molar-refractivity contribution in [1.29, 1.82) is 0 Å². The van der Waals surface area contributed by atoms with Crippen LogP contribution in [0.3, 0.4) is 0 Å². The summed E-state index contributed by atoms with van der Waals surface area (Å²) in [5.74, 6) is 0.654. The lowest BCUT2D eigenvalue weighted by Gasteiger charge is -2.05. The second-order valence-electron chi connectivity index (χ2n) is 5.14. The van der Waals surface area contributed by atoms with Crippen LogP contribution in [0.15, 0.2) is 47.4 Å². The van der Waals surface area contributed by atoms with Crippen LogP contribution in [0.4, 0.5) is 5.82 Å². The van der Waals surface area contributed by atoms with Crippen molar-refractivity contribution in [3.8, 4) is 11.6 Å². The summed E-state index contributed by atoms with van der Waals surface area (Å²) in [6, 6.07) is 11.2. The number of nitrogens with zero attached hydrogens (tertiary/aromatic N) is 5. The van der Waals surface area contributed by atoms with Crippen LogP contribution >= 0.6 is 0 Å². The molecule has 0 radical (unpaired) electrons. The van der Waals surface area contributed by atoms with E-state index in [4.69, 9.17) is 5.73 Å². The summed E-state index contributed by atoms with van der Waals surface area (Å²) in [4.78, 5) is 19.5. The van der Waals surface area contributed by atoms with Crippen LogP contribution in [0, 0.1) is 6.92 Å². The number of aryl methyl sites for hydroxylation is 1. The Hall–Kier alpha value is -3.42. The van der Waals surface area contributed by atoms with Crippen LogP contribution in [0.5, 0.6) is 0 Å². The number of nitrogen functional groups attached to an aromatic ring is 1. The number of para-hydroxylation sites is 1. The molecule has 3 N–H and O–H groups in total. The van der Waals surface area contributed by atoms with E-state index in [2.05, 4.69) is 20.2 Å². The maximum atomic E-state index is 12.3. The average molecular weight is 307 g/mol. The van der Waals surface area contributed by atoms with Gasteiger partial charge in [0.1, 0.15) is 11.2 Å². The molecule has 0 unspecified atom stereocenters. The zero-order chi connectivity index (χ0) is 16.0. The maximum Gasteiger partial charge on any atom is 0.263 e. The third-order valence-corrected chi connectivity index (χ3v) is 3.49. The fraction of sp³-hybridized carbons (Fsp3) is 0.0667. The Morgan fingerprint density at radius 3 is 2.65 bits per heavy atom. The zero-order valence-electron chi connectivity index (χ0n) is 12.3. The third kappa shape index (κ3) is 2.08. The van der Waals surface area contributed by atoms with E-state index in [-0.39, 0.29) is 11.5 Å². The van der Waals surface area contributed by atoms with Crippen LogP contribution < -0.4 is 11.3 Å². The molecule has 114 valence electrons. The second kappa shape index (κ2) is 4.80. The molecular formula is C15H13N7O. The van der Waals surface area contributed by atoms with E-state index in [1.807, 2.05) is 37.3 Å². The monoisotopic (exact) mass is 307 g/mol. The normalized spacial score (nSPS) is 11.2. The number of anilines is 1. The molecule has 0 atom stereocenters. The quantitative estimate of drug-likeness (QED) is 0.578. The van der Waals surface area contributed by atoms with Crippen molar-refractivity contribution in [2.45, 2.75) is 6.92 Å². The average Bonchev–Trinajstić information content (AvgIpc) is 3.11. The summed E-state index contributed by atoms with van der Waals surface area (Å²) in [5, 5.41) is 8.91. The minimum atomic E-state index is -0.292. The van der Waals surface area contributed by atoms with E-state index in [9.17, 15) is 4.79 Å². The first-order valence-electron chi connectivity index (χ1n) is 6.99. The lowest BCUT2D eigenvalue weighted by Crippen LogP contribution is -2.15. The molecule has 8 heteroatoms. The standard InChI is InChI=1S/C15H13N7O/c1-9-7-12(16)22(20-9)15-18-13-11(14(23)19-15)8-17-21(13)10-5-3-2-4-6-10/h2-8H,16H2,1H3,(H,18,19,23). The van der Waals surface area contributed by atoms with Gasteiger partial charge in [-0.1, -0.05) is 18.2 Å². The highest BCUT2D eigenvalue weighted by Crippen LogP contribution is 2.16. The minimum absolute atomic E-state index is 0.255. The molecule has 1 aromatic carbocycles. The first-order valence-corrected chi connectivity index (χ1v) is 6.99. The van der Waals surface area contributed by atoms with Gasteiger partial charge in [0.25, 0.3) is 5.56 Å². The van der Waals surface area contributed by atoms with Gasteiger partial charge < -0.3 is 5.73 Å². The SMILES string of the molecule is Cc1cc(N)n(-c2nc3c(cnn3-c3ccccc3)c(=O)[nH]2)n1. The number of nitrogens with two attached hydrogens (primary N) is 1. The first-order chi connectivity index (χ1) is 11.1. The molecular weight excluding hydrogens is 294 g/mol. The Morgan fingerprint density at radius 1 is 1.17 bits per heavy atom. The molecule has 4 rings (SSSR count). The van der Waals surface area contributed by atoms with Crippen LogP contribution in [0.1, 0.15) is 5.69 Å². The fourth-order valence-electron chi connectivity index (χ4n) is 2.45. The number of aromatic nitrogens is 6. The minimum Gasteiger partial charge on any atom is -0.383 e. The molecule has 4 aromatic rings. The van der Waals surface area contributed by atoms with Crippen LogP contribution in [0.25, 0.3) is 22.7 Å². The van der Waals surface area contributed by atoms with Gasteiger partial charge in [-0.25, -0.2) is 4.68 Å². The Kier molecular flexibility index (Phi) is 2.77. The van der Waals surface area contributed by atoms with Gasteiger partial charge in [0, 0.05) is 6.07 Å². The van der Waals surface area contributed by atoms with Crippen molar-refractivity contribution < 1.29 is 0 Å². The molecule has 0 aliphatic heterocycles. The molecule has 8 nitrogen and oxygen atoms in total. The Morgan fingerprint density at radius 2 is 1.96 bits per heavy atom. The van der Waals surface area contributed by atoms with Crippen molar-refractivity contribution in [2.75, 3.05) is 5.73 Å². The summed E-state index contributed by atoms with van der Waals surface area (Å²) < 4.78 is 3.01. The van der Waals surface area contributed by atoms with Gasteiger partial charge in [0.15, 0.2) is 5.65 Å². The van der Waals surface area contributed by atoms with Crippen molar-refractivity contribution in [2.24, 2.45) is 0 Å².